The van der Waals surface area contributed by atoms with E-state index in [1.165, 1.54) is 0 Å². The number of anilines is 1. The first-order chi connectivity index (χ1) is 12.2. The van der Waals surface area contributed by atoms with Crippen molar-refractivity contribution in [2.45, 2.75) is 38.8 Å². The number of carbonyl (C=O) groups excluding carboxylic acids is 1. The molecule has 2 aromatic rings. The molecule has 0 saturated carbocycles. The Morgan fingerprint density at radius 1 is 1.32 bits per heavy atom. The maximum absolute atomic E-state index is 12.9. The highest BCUT2D eigenvalue weighted by Gasteiger charge is 2.29. The van der Waals surface area contributed by atoms with Crippen molar-refractivity contribution in [1.29, 1.82) is 0 Å². The van der Waals surface area contributed by atoms with E-state index in [0.717, 1.165) is 36.6 Å². The molecule has 0 spiro atoms. The number of aryl methyl sites for hydroxylation is 1. The fourth-order valence-corrected chi connectivity index (χ4v) is 3.31. The van der Waals surface area contributed by atoms with Gasteiger partial charge >= 0.3 is 0 Å². The summed E-state index contributed by atoms with van der Waals surface area (Å²) in [7, 11) is 1.95. The molecule has 1 atom stereocenters. The van der Waals surface area contributed by atoms with E-state index in [9.17, 15) is 9.90 Å². The fourth-order valence-electron chi connectivity index (χ4n) is 3.31. The molecule has 1 saturated heterocycles. The van der Waals surface area contributed by atoms with Gasteiger partial charge in [0.15, 0.2) is 5.82 Å². The molecule has 1 aromatic heterocycles. The summed E-state index contributed by atoms with van der Waals surface area (Å²) >= 11 is 0. The van der Waals surface area contributed by atoms with Crippen molar-refractivity contribution in [3.63, 3.8) is 0 Å². The molecule has 134 valence electrons. The summed E-state index contributed by atoms with van der Waals surface area (Å²) in [5.74, 6) is 1.73. The van der Waals surface area contributed by atoms with Crippen LogP contribution in [0.25, 0.3) is 0 Å². The highest BCUT2D eigenvalue weighted by Crippen LogP contribution is 2.24. The number of nitrogens with one attached hydrogen (secondary N) is 1. The predicted octanol–water partition coefficient (Wildman–Crippen LogP) is 1.59. The zero-order chi connectivity index (χ0) is 17.8. The number of amides is 1. The molecule has 1 amide bonds. The van der Waals surface area contributed by atoms with Crippen LogP contribution in [0.5, 0.6) is 0 Å². The topological polar surface area (TPSA) is 83.3 Å². The molecule has 1 unspecified atom stereocenters. The molecule has 1 aromatic carbocycles. The Hall–Kier alpha value is -2.41. The number of aliphatic hydroxyl groups excluding tert-OH is 1. The van der Waals surface area contributed by atoms with Crippen molar-refractivity contribution >= 4 is 11.6 Å². The summed E-state index contributed by atoms with van der Waals surface area (Å²) < 4.78 is 1.97. The van der Waals surface area contributed by atoms with E-state index in [0.29, 0.717) is 18.7 Å². The van der Waals surface area contributed by atoms with Gasteiger partial charge < -0.3 is 19.9 Å². The molecule has 0 bridgehead atoms. The van der Waals surface area contributed by atoms with Gasteiger partial charge in [-0.3, -0.25) is 4.79 Å². The van der Waals surface area contributed by atoms with E-state index < -0.39 is 0 Å². The Labute approximate surface area is 147 Å². The van der Waals surface area contributed by atoms with Crippen LogP contribution in [0.2, 0.25) is 0 Å². The van der Waals surface area contributed by atoms with Crippen LogP contribution in [0.1, 0.15) is 41.8 Å². The van der Waals surface area contributed by atoms with Gasteiger partial charge in [0.25, 0.3) is 5.91 Å². The van der Waals surface area contributed by atoms with Gasteiger partial charge in [-0.05, 0) is 25.0 Å². The molecule has 0 radical (unpaired) electrons. The lowest BCUT2D eigenvalue weighted by Crippen LogP contribution is -2.37. The highest BCUT2D eigenvalue weighted by molar-refractivity contribution is 5.99. The second kappa shape index (κ2) is 7.65. The normalized spacial score (nSPS) is 17.1. The maximum atomic E-state index is 12.9. The van der Waals surface area contributed by atoms with E-state index in [4.69, 9.17) is 0 Å². The molecule has 0 aliphatic carbocycles. The van der Waals surface area contributed by atoms with Gasteiger partial charge in [0.05, 0.1) is 24.8 Å². The van der Waals surface area contributed by atoms with Crippen molar-refractivity contribution in [2.75, 3.05) is 18.5 Å². The van der Waals surface area contributed by atoms with Gasteiger partial charge in [-0.25, -0.2) is 0 Å². The van der Waals surface area contributed by atoms with Gasteiger partial charge in [0.2, 0.25) is 0 Å². The molecule has 3 rings (SSSR count). The van der Waals surface area contributed by atoms with E-state index in [1.54, 1.807) is 4.90 Å². The first-order valence-electron chi connectivity index (χ1n) is 8.77. The van der Waals surface area contributed by atoms with Gasteiger partial charge in [0, 0.05) is 25.7 Å². The van der Waals surface area contributed by atoms with Crippen molar-refractivity contribution in [2.24, 2.45) is 7.05 Å². The third kappa shape index (κ3) is 3.51. The summed E-state index contributed by atoms with van der Waals surface area (Å²) in [6.07, 6.45) is 2.62. The SMILES string of the molecule is CCc1nnc(CNc2ccccc2C(=O)N2CCCC2CO)n1C. The number of aliphatic hydroxyl groups is 1. The Morgan fingerprint density at radius 3 is 2.80 bits per heavy atom. The maximum Gasteiger partial charge on any atom is 0.256 e. The summed E-state index contributed by atoms with van der Waals surface area (Å²) in [4.78, 5) is 14.7. The van der Waals surface area contributed by atoms with Gasteiger partial charge in [-0.1, -0.05) is 19.1 Å². The number of benzene rings is 1. The van der Waals surface area contributed by atoms with Crippen LogP contribution >= 0.6 is 0 Å². The molecular formula is C18H25N5O2. The van der Waals surface area contributed by atoms with Gasteiger partial charge in [-0.2, -0.15) is 0 Å². The van der Waals surface area contributed by atoms with Crippen molar-refractivity contribution in [3.8, 4) is 0 Å². The second-order valence-corrected chi connectivity index (χ2v) is 6.32. The standard InChI is InChI=1S/C18H25N5O2/c1-3-16-20-21-17(22(16)2)11-19-15-9-5-4-8-14(15)18(25)23-10-6-7-13(23)12-24/h4-5,8-9,13,19,24H,3,6-7,10-12H2,1-2H3. The fraction of sp³-hybridized carbons (Fsp3) is 0.500. The van der Waals surface area contributed by atoms with E-state index >= 15 is 0 Å². The quantitative estimate of drug-likeness (QED) is 0.832. The average Bonchev–Trinajstić information content (AvgIpc) is 3.26. The number of rotatable bonds is 6. The monoisotopic (exact) mass is 343 g/mol. The molecule has 1 aliphatic heterocycles. The summed E-state index contributed by atoms with van der Waals surface area (Å²) in [5.41, 5.74) is 1.40. The zero-order valence-corrected chi connectivity index (χ0v) is 14.8. The van der Waals surface area contributed by atoms with Crippen LogP contribution < -0.4 is 5.32 Å². The minimum absolute atomic E-state index is 0.0140. The smallest absolute Gasteiger partial charge is 0.256 e. The van der Waals surface area contributed by atoms with Crippen LogP contribution in [0.4, 0.5) is 5.69 Å². The van der Waals surface area contributed by atoms with Crippen LogP contribution in [-0.2, 0) is 20.0 Å². The summed E-state index contributed by atoms with van der Waals surface area (Å²) in [6, 6.07) is 7.41. The third-order valence-electron chi connectivity index (χ3n) is 4.81. The van der Waals surface area contributed by atoms with Crippen LogP contribution in [-0.4, -0.2) is 49.9 Å². The van der Waals surface area contributed by atoms with Gasteiger partial charge in [0.1, 0.15) is 5.82 Å². The van der Waals surface area contributed by atoms with Gasteiger partial charge in [-0.15, -0.1) is 10.2 Å². The highest BCUT2D eigenvalue weighted by atomic mass is 16.3. The lowest BCUT2D eigenvalue weighted by atomic mass is 10.1. The molecule has 2 heterocycles. The Kier molecular flexibility index (Phi) is 5.33. The van der Waals surface area contributed by atoms with Crippen molar-refractivity contribution in [1.82, 2.24) is 19.7 Å². The largest absolute Gasteiger partial charge is 0.394 e. The molecule has 1 fully saturated rings. The first-order valence-corrected chi connectivity index (χ1v) is 8.77. The first kappa shape index (κ1) is 17.4. The second-order valence-electron chi connectivity index (χ2n) is 6.32. The number of hydrogen-bond donors (Lipinski definition) is 2. The number of carbonyl (C=O) groups is 1. The summed E-state index contributed by atoms with van der Waals surface area (Å²) in [6.45, 7) is 3.25. The van der Waals surface area contributed by atoms with Crippen LogP contribution in [0.3, 0.4) is 0 Å². The molecule has 1 aliphatic rings. The minimum atomic E-state index is -0.0774. The number of para-hydroxylation sites is 1. The molecule has 7 nitrogen and oxygen atoms in total. The van der Waals surface area contributed by atoms with Crippen molar-refractivity contribution < 1.29 is 9.90 Å². The average molecular weight is 343 g/mol. The minimum Gasteiger partial charge on any atom is -0.394 e. The van der Waals surface area contributed by atoms with E-state index in [2.05, 4.69) is 15.5 Å². The predicted molar refractivity (Wildman–Crippen MR) is 95.3 cm³/mol. The van der Waals surface area contributed by atoms with E-state index in [-0.39, 0.29) is 18.6 Å². The third-order valence-corrected chi connectivity index (χ3v) is 4.81. The Balaban J connectivity index is 1.76. The summed E-state index contributed by atoms with van der Waals surface area (Å²) in [5, 5.41) is 21.2. The van der Waals surface area contributed by atoms with E-state index in [1.807, 2.05) is 42.8 Å². The van der Waals surface area contributed by atoms with Crippen molar-refractivity contribution in [3.05, 3.63) is 41.5 Å². The molecule has 25 heavy (non-hydrogen) atoms. The van der Waals surface area contributed by atoms with Crippen LogP contribution in [0, 0.1) is 0 Å². The number of likely N-dealkylation sites (tertiary alicyclic amines) is 1. The lowest BCUT2D eigenvalue weighted by molar-refractivity contribution is 0.0678. The Bertz CT molecular complexity index is 743. The lowest BCUT2D eigenvalue weighted by Gasteiger charge is -2.24. The molecule has 2 N–H and O–H groups in total. The molecule has 7 heteroatoms. The van der Waals surface area contributed by atoms with Crippen LogP contribution in [0.15, 0.2) is 24.3 Å². The number of hydrogen-bond acceptors (Lipinski definition) is 5. The number of nitrogens with zero attached hydrogens (tertiary/aromatic N) is 4. The number of aromatic nitrogens is 3. The Morgan fingerprint density at radius 2 is 2.08 bits per heavy atom. The zero-order valence-electron chi connectivity index (χ0n) is 14.8. The molecular weight excluding hydrogens is 318 g/mol.